The number of hydrogen-bond donors (Lipinski definition) is 1. The molecule has 2 aliphatic heterocycles. The number of hydrogen-bond acceptors (Lipinski definition) is 5. The van der Waals surface area contributed by atoms with Gasteiger partial charge >= 0.3 is 0 Å². The molecule has 7 nitrogen and oxygen atoms in total. The molecule has 31 heavy (non-hydrogen) atoms. The van der Waals surface area contributed by atoms with Crippen LogP contribution in [0.4, 0.5) is 5.69 Å². The minimum atomic E-state index is -1.28. The topological polar surface area (TPSA) is 79.3 Å². The summed E-state index contributed by atoms with van der Waals surface area (Å²) in [5, 5.41) is 10.4. The Morgan fingerprint density at radius 3 is 2.71 bits per heavy atom. The van der Waals surface area contributed by atoms with Crippen LogP contribution in [0.1, 0.15) is 23.2 Å². The summed E-state index contributed by atoms with van der Waals surface area (Å²) in [6.45, 7) is 7.84. The molecule has 0 saturated carbocycles. The van der Waals surface area contributed by atoms with Crippen LogP contribution in [0.3, 0.4) is 0 Å². The SMILES string of the molecule is COc1cc2c(cc1O)N(COCC[Si](C)(C)C)C(=O)C1CC3=C(CC=C3)CN1C2=O. The Morgan fingerprint density at radius 1 is 1.23 bits per heavy atom. The molecule has 1 N–H and O–H groups in total. The predicted octanol–water partition coefficient (Wildman–Crippen LogP) is 3.53. The fourth-order valence-electron chi connectivity index (χ4n) is 4.28. The zero-order valence-corrected chi connectivity index (χ0v) is 19.6. The lowest BCUT2D eigenvalue weighted by molar-refractivity contribution is -0.124. The van der Waals surface area contributed by atoms with E-state index in [-0.39, 0.29) is 30.0 Å². The van der Waals surface area contributed by atoms with E-state index in [4.69, 9.17) is 9.47 Å². The molecule has 1 atom stereocenters. The summed E-state index contributed by atoms with van der Waals surface area (Å²) in [7, 11) is 0.162. The number of phenolic OH excluding ortho intramolecular Hbond substituents is 1. The Balaban J connectivity index is 1.70. The molecular formula is C23H30N2O5Si. The summed E-state index contributed by atoms with van der Waals surface area (Å²) in [6, 6.07) is 3.35. The number of carbonyl (C=O) groups excluding carboxylic acids is 2. The fraction of sp³-hybridized carbons (Fsp3) is 0.478. The van der Waals surface area contributed by atoms with Crippen molar-refractivity contribution in [3.8, 4) is 11.5 Å². The third kappa shape index (κ3) is 4.14. The van der Waals surface area contributed by atoms with Crippen molar-refractivity contribution in [2.75, 3.05) is 31.9 Å². The van der Waals surface area contributed by atoms with E-state index < -0.39 is 14.1 Å². The Morgan fingerprint density at radius 2 is 2.00 bits per heavy atom. The molecular weight excluding hydrogens is 412 g/mol. The number of methoxy groups -OCH3 is 1. The molecule has 1 aromatic carbocycles. The van der Waals surface area contributed by atoms with Gasteiger partial charge in [0.2, 0.25) is 0 Å². The van der Waals surface area contributed by atoms with Crippen LogP contribution in [-0.4, -0.2) is 62.9 Å². The van der Waals surface area contributed by atoms with Crippen molar-refractivity contribution in [1.82, 2.24) is 4.90 Å². The van der Waals surface area contributed by atoms with Gasteiger partial charge in [-0.25, -0.2) is 0 Å². The van der Waals surface area contributed by atoms with Crippen molar-refractivity contribution in [2.24, 2.45) is 0 Å². The zero-order chi connectivity index (χ0) is 22.3. The van der Waals surface area contributed by atoms with E-state index in [1.165, 1.54) is 29.7 Å². The number of allylic oxidation sites excluding steroid dienone is 2. The second-order valence-electron chi connectivity index (χ2n) is 9.54. The number of rotatable bonds is 6. The first-order chi connectivity index (χ1) is 14.7. The van der Waals surface area contributed by atoms with E-state index in [2.05, 4.69) is 31.8 Å². The van der Waals surface area contributed by atoms with Gasteiger partial charge in [0.05, 0.1) is 18.4 Å². The monoisotopic (exact) mass is 442 g/mol. The van der Waals surface area contributed by atoms with Crippen molar-refractivity contribution >= 4 is 25.6 Å². The highest BCUT2D eigenvalue weighted by Crippen LogP contribution is 2.40. The van der Waals surface area contributed by atoms with Crippen LogP contribution in [0.15, 0.2) is 35.4 Å². The van der Waals surface area contributed by atoms with E-state index in [1.54, 1.807) is 4.90 Å². The molecule has 2 amide bonds. The number of nitrogens with zero attached hydrogens (tertiary/aromatic N) is 2. The first kappa shape index (κ1) is 21.6. The maximum atomic E-state index is 13.6. The molecule has 0 aromatic heterocycles. The molecule has 1 unspecified atom stereocenters. The molecule has 0 saturated heterocycles. The summed E-state index contributed by atoms with van der Waals surface area (Å²) in [5.74, 6) is -0.319. The lowest BCUT2D eigenvalue weighted by Gasteiger charge is -2.35. The molecule has 0 radical (unpaired) electrons. The molecule has 2 heterocycles. The number of amides is 2. The molecule has 4 rings (SSSR count). The second-order valence-corrected chi connectivity index (χ2v) is 15.2. The van der Waals surface area contributed by atoms with Crippen molar-refractivity contribution in [2.45, 2.75) is 44.6 Å². The minimum absolute atomic E-state index is 0.0431. The number of benzene rings is 1. The van der Waals surface area contributed by atoms with Gasteiger partial charge < -0.3 is 19.5 Å². The maximum absolute atomic E-state index is 13.6. The highest BCUT2D eigenvalue weighted by molar-refractivity contribution is 6.76. The number of anilines is 1. The highest BCUT2D eigenvalue weighted by Gasteiger charge is 2.43. The first-order valence-corrected chi connectivity index (χ1v) is 14.4. The minimum Gasteiger partial charge on any atom is -0.504 e. The Kier molecular flexibility index (Phi) is 5.70. The van der Waals surface area contributed by atoms with Gasteiger partial charge in [-0.15, -0.1) is 0 Å². The van der Waals surface area contributed by atoms with Crippen LogP contribution in [-0.2, 0) is 9.53 Å². The first-order valence-electron chi connectivity index (χ1n) is 10.7. The summed E-state index contributed by atoms with van der Waals surface area (Å²) in [6.07, 6.45) is 5.46. The van der Waals surface area contributed by atoms with E-state index >= 15 is 0 Å². The highest BCUT2D eigenvalue weighted by atomic mass is 28.3. The van der Waals surface area contributed by atoms with Gasteiger partial charge in [-0.3, -0.25) is 14.5 Å². The summed E-state index contributed by atoms with van der Waals surface area (Å²) in [4.78, 5) is 30.3. The fourth-order valence-corrected chi connectivity index (χ4v) is 5.03. The largest absolute Gasteiger partial charge is 0.504 e. The van der Waals surface area contributed by atoms with E-state index in [9.17, 15) is 14.7 Å². The molecule has 1 aromatic rings. The normalized spacial score (nSPS) is 20.6. The van der Waals surface area contributed by atoms with Gasteiger partial charge in [-0.1, -0.05) is 31.8 Å². The average Bonchev–Trinajstić information content (AvgIpc) is 3.16. The molecule has 0 spiro atoms. The van der Waals surface area contributed by atoms with Crippen LogP contribution in [0.2, 0.25) is 25.7 Å². The van der Waals surface area contributed by atoms with E-state index in [1.807, 2.05) is 0 Å². The molecule has 0 bridgehead atoms. The lowest BCUT2D eigenvalue weighted by Crippen LogP contribution is -2.51. The molecule has 166 valence electrons. The third-order valence-corrected chi connectivity index (χ3v) is 7.84. The van der Waals surface area contributed by atoms with Gasteiger partial charge in [-0.05, 0) is 29.7 Å². The maximum Gasteiger partial charge on any atom is 0.257 e. The quantitative estimate of drug-likeness (QED) is 0.539. The molecule has 0 fully saturated rings. The Bertz CT molecular complexity index is 979. The van der Waals surface area contributed by atoms with Crippen molar-refractivity contribution < 1.29 is 24.2 Å². The van der Waals surface area contributed by atoms with Crippen LogP contribution < -0.4 is 9.64 Å². The van der Waals surface area contributed by atoms with Crippen LogP contribution in [0, 0.1) is 0 Å². The number of aromatic hydroxyl groups is 1. The van der Waals surface area contributed by atoms with Gasteiger partial charge in [0.15, 0.2) is 11.5 Å². The smallest absolute Gasteiger partial charge is 0.257 e. The van der Waals surface area contributed by atoms with Gasteiger partial charge in [-0.2, -0.15) is 0 Å². The number of ether oxygens (including phenoxy) is 2. The number of carbonyl (C=O) groups is 2. The Labute approximate surface area is 183 Å². The third-order valence-electron chi connectivity index (χ3n) is 6.14. The Hall–Kier alpha value is -2.58. The second kappa shape index (κ2) is 8.16. The van der Waals surface area contributed by atoms with Crippen molar-refractivity contribution in [3.05, 3.63) is 41.0 Å². The zero-order valence-electron chi connectivity index (χ0n) is 18.6. The molecule has 1 aliphatic carbocycles. The van der Waals surface area contributed by atoms with Crippen LogP contribution >= 0.6 is 0 Å². The number of fused-ring (bicyclic) bond motifs is 2. The standard InChI is InChI=1S/C23H30N2O5Si/c1-29-21-11-17-18(12-20(21)26)25(14-30-8-9-31(2,3)4)23(28)19-10-15-6-5-7-16(15)13-24(19)22(17)27/h5-6,11-12,19,26H,7-10,13-14H2,1-4H3. The van der Waals surface area contributed by atoms with Crippen LogP contribution in [0.5, 0.6) is 11.5 Å². The summed E-state index contributed by atoms with van der Waals surface area (Å²) < 4.78 is 11.1. The van der Waals surface area contributed by atoms with Gasteiger partial charge in [0, 0.05) is 33.7 Å². The molecule has 3 aliphatic rings. The van der Waals surface area contributed by atoms with Crippen LogP contribution in [0.25, 0.3) is 0 Å². The average molecular weight is 443 g/mol. The predicted molar refractivity (Wildman–Crippen MR) is 121 cm³/mol. The van der Waals surface area contributed by atoms with E-state index in [0.29, 0.717) is 30.8 Å². The number of phenols is 1. The summed E-state index contributed by atoms with van der Waals surface area (Å²) in [5.41, 5.74) is 3.04. The van der Waals surface area contributed by atoms with E-state index in [0.717, 1.165) is 18.0 Å². The van der Waals surface area contributed by atoms with Gasteiger partial charge in [0.1, 0.15) is 12.8 Å². The lowest BCUT2D eigenvalue weighted by atomic mass is 9.95. The van der Waals surface area contributed by atoms with Gasteiger partial charge in [0.25, 0.3) is 11.8 Å². The molecule has 8 heteroatoms. The summed E-state index contributed by atoms with van der Waals surface area (Å²) >= 11 is 0. The van der Waals surface area contributed by atoms with Crippen molar-refractivity contribution in [1.29, 1.82) is 0 Å². The van der Waals surface area contributed by atoms with Crippen molar-refractivity contribution in [3.63, 3.8) is 0 Å².